The number of ketones is 1. The van der Waals surface area contributed by atoms with E-state index in [-0.39, 0.29) is 49.7 Å². The Kier molecular flexibility index (Phi) is 10.2. The lowest BCUT2D eigenvalue weighted by molar-refractivity contribution is -0.140. The molecule has 2 aliphatic carbocycles. The maximum absolute atomic E-state index is 14.7. The lowest BCUT2D eigenvalue weighted by Crippen LogP contribution is -2.52. The number of aryl methyl sites for hydroxylation is 1. The van der Waals surface area contributed by atoms with Crippen LogP contribution in [0.3, 0.4) is 0 Å². The number of ether oxygens (including phenoxy) is 2. The molecule has 0 radical (unpaired) electrons. The van der Waals surface area contributed by atoms with Crippen molar-refractivity contribution in [3.8, 4) is 11.6 Å². The molecule has 1 saturated heterocycles. The largest absolute Gasteiger partial charge is 0.497 e. The van der Waals surface area contributed by atoms with E-state index in [0.29, 0.717) is 53.5 Å². The van der Waals surface area contributed by atoms with Gasteiger partial charge in [0.15, 0.2) is 11.5 Å². The highest BCUT2D eigenvalue weighted by Crippen LogP contribution is 2.57. The van der Waals surface area contributed by atoms with E-state index in [1.807, 2.05) is 18.2 Å². The fraction of sp³-hybridized carbons (Fsp3) is 0.463. The van der Waals surface area contributed by atoms with Crippen LogP contribution < -0.4 is 19.5 Å². The zero-order valence-electron chi connectivity index (χ0n) is 31.7. The summed E-state index contributed by atoms with van der Waals surface area (Å²) in [6, 6.07) is 8.98. The summed E-state index contributed by atoms with van der Waals surface area (Å²) in [5.74, 6) is -2.02. The molecule has 57 heavy (non-hydrogen) atoms. The number of nitrogens with one attached hydrogen (secondary N) is 2. The van der Waals surface area contributed by atoms with Gasteiger partial charge in [0.05, 0.1) is 35.9 Å². The fourth-order valence-electron chi connectivity index (χ4n) is 8.20. The minimum Gasteiger partial charge on any atom is -0.497 e. The van der Waals surface area contributed by atoms with E-state index in [4.69, 9.17) is 14.0 Å². The first kappa shape index (κ1) is 38.5. The van der Waals surface area contributed by atoms with Crippen LogP contribution in [-0.4, -0.2) is 84.1 Å². The van der Waals surface area contributed by atoms with Gasteiger partial charge in [0.25, 0.3) is 5.91 Å². The molecule has 0 bridgehead atoms. The van der Waals surface area contributed by atoms with E-state index < -0.39 is 68.2 Å². The van der Waals surface area contributed by atoms with Crippen molar-refractivity contribution in [2.24, 2.45) is 11.3 Å². The molecule has 0 unspecified atom stereocenters. The summed E-state index contributed by atoms with van der Waals surface area (Å²) < 4.78 is 59.7. The topological polar surface area (TPSA) is 187 Å². The second-order valence-electron chi connectivity index (χ2n) is 15.7. The van der Waals surface area contributed by atoms with Gasteiger partial charge in [0, 0.05) is 35.7 Å². The second kappa shape index (κ2) is 15.2. The maximum Gasteiger partial charge on any atom is 0.274 e. The Morgan fingerprint density at radius 3 is 2.58 bits per heavy atom. The number of hydrogen-bond acceptors (Lipinski definition) is 11. The SMILES string of the molecule is COc1ccc2c(c1)c(O[C@@H]1C[C@H]3C(=O)C[C@]4(C(=O)NS(=O)(=O)C5CC5)C[C@H]4/C=C\CCCCC[C@H](NC(=O)c4cc(C)on4)C(=O)N3C1)nc1cc(F)ccc12. The van der Waals surface area contributed by atoms with Crippen molar-refractivity contribution in [3.05, 3.63) is 71.9 Å². The summed E-state index contributed by atoms with van der Waals surface area (Å²) in [6.07, 6.45) is 7.07. The van der Waals surface area contributed by atoms with Crippen molar-refractivity contribution < 1.29 is 46.0 Å². The molecule has 3 fully saturated rings. The number of rotatable bonds is 8. The number of allylic oxidation sites excluding steroid dienone is 2. The van der Waals surface area contributed by atoms with Gasteiger partial charge in [-0.1, -0.05) is 30.2 Å². The van der Waals surface area contributed by atoms with Gasteiger partial charge < -0.3 is 24.2 Å². The third kappa shape index (κ3) is 7.83. The predicted octanol–water partition coefficient (Wildman–Crippen LogP) is 5.07. The number of Topliss-reactive ketones (excluding diaryl/α,β-unsaturated/α-hetero) is 1. The first-order valence-electron chi connectivity index (χ1n) is 19.4. The molecule has 4 aromatic rings. The molecule has 2 aromatic heterocycles. The molecule has 3 amide bonds. The van der Waals surface area contributed by atoms with Gasteiger partial charge in [-0.2, -0.15) is 0 Å². The van der Waals surface area contributed by atoms with Gasteiger partial charge in [-0.05, 0) is 87.1 Å². The zero-order chi connectivity index (χ0) is 40.1. The number of methoxy groups -OCH3 is 1. The second-order valence-corrected chi connectivity index (χ2v) is 17.6. The van der Waals surface area contributed by atoms with Gasteiger partial charge in [-0.15, -0.1) is 0 Å². The summed E-state index contributed by atoms with van der Waals surface area (Å²) in [7, 11) is -2.37. The molecule has 2 aliphatic heterocycles. The number of amides is 3. The summed E-state index contributed by atoms with van der Waals surface area (Å²) >= 11 is 0. The molecular formula is C41H44FN5O9S. The van der Waals surface area contributed by atoms with Crippen molar-refractivity contribution in [1.82, 2.24) is 25.1 Å². The normalized spacial score (nSPS) is 26.2. The number of carbonyl (C=O) groups excluding carboxylic acids is 4. The quantitative estimate of drug-likeness (QED) is 0.179. The summed E-state index contributed by atoms with van der Waals surface area (Å²) in [5.41, 5.74) is -0.958. The third-order valence-electron chi connectivity index (χ3n) is 11.6. The highest BCUT2D eigenvalue weighted by atomic mass is 32.2. The van der Waals surface area contributed by atoms with E-state index in [9.17, 15) is 32.0 Å². The minimum absolute atomic E-state index is 0.00610. The Labute approximate surface area is 328 Å². The highest BCUT2D eigenvalue weighted by molar-refractivity contribution is 7.90. The van der Waals surface area contributed by atoms with E-state index in [2.05, 4.69) is 20.2 Å². The first-order valence-corrected chi connectivity index (χ1v) is 20.9. The molecule has 5 atom stereocenters. The van der Waals surface area contributed by atoms with E-state index in [0.717, 1.165) is 18.2 Å². The van der Waals surface area contributed by atoms with E-state index in [1.54, 1.807) is 25.1 Å². The van der Waals surface area contributed by atoms with Crippen LogP contribution >= 0.6 is 0 Å². The van der Waals surface area contributed by atoms with Crippen LogP contribution in [0, 0.1) is 24.1 Å². The Morgan fingerprint density at radius 1 is 1.02 bits per heavy atom. The van der Waals surface area contributed by atoms with Gasteiger partial charge in [-0.3, -0.25) is 23.9 Å². The smallest absolute Gasteiger partial charge is 0.274 e. The number of aromatic nitrogens is 2. The summed E-state index contributed by atoms with van der Waals surface area (Å²) in [4.78, 5) is 62.6. The number of hydrogen-bond donors (Lipinski definition) is 2. The number of carbonyl (C=O) groups is 4. The standard InChI is InChI=1S/C41H44FN5O9S/c1-23-16-34(45-56-23)37(49)43-32-9-7-5-3-4-6-8-24-20-41(24,40(51)46-57(52,53)28-12-13-28)21-36(48)35-19-27(22-47(35)39(32)50)55-38-31-18-26(54-2)11-15-29(31)30-14-10-25(42)17-33(30)44-38/h6,8,10-11,14-18,24,27-28,32,35H,3-5,7,9,12-13,19-22H2,1-2H3,(H,43,49)(H,46,51)/b8-6-/t24-,27-,32+,35+,41-/m1/s1. The lowest BCUT2D eigenvalue weighted by atomic mass is 9.91. The Hall–Kier alpha value is -5.38. The summed E-state index contributed by atoms with van der Waals surface area (Å²) in [6.45, 7) is 1.57. The van der Waals surface area contributed by atoms with Gasteiger partial charge in [0.2, 0.25) is 27.7 Å². The molecule has 4 heterocycles. The van der Waals surface area contributed by atoms with Crippen LogP contribution in [-0.2, 0) is 24.4 Å². The number of nitrogens with zero attached hydrogens (tertiary/aromatic N) is 3. The lowest BCUT2D eigenvalue weighted by Gasteiger charge is -2.29. The first-order chi connectivity index (χ1) is 27.3. The number of pyridine rings is 1. The molecule has 4 aliphatic rings. The Morgan fingerprint density at radius 2 is 1.82 bits per heavy atom. The number of benzene rings is 2. The number of halogens is 1. The van der Waals surface area contributed by atoms with E-state index >= 15 is 0 Å². The van der Waals surface area contributed by atoms with Crippen LogP contribution in [0.25, 0.3) is 21.7 Å². The highest BCUT2D eigenvalue weighted by Gasteiger charge is 2.61. The van der Waals surface area contributed by atoms with Crippen molar-refractivity contribution in [3.63, 3.8) is 0 Å². The number of sulfonamides is 1. The Balaban J connectivity index is 1.14. The predicted molar refractivity (Wildman–Crippen MR) is 205 cm³/mol. The molecule has 16 heteroatoms. The maximum atomic E-state index is 14.7. The van der Waals surface area contributed by atoms with Crippen LogP contribution in [0.15, 0.2) is 59.1 Å². The van der Waals surface area contributed by atoms with E-state index in [1.165, 1.54) is 30.2 Å². The monoisotopic (exact) mass is 801 g/mol. The van der Waals surface area contributed by atoms with Crippen LogP contribution in [0.4, 0.5) is 4.39 Å². The van der Waals surface area contributed by atoms with Crippen LogP contribution in [0.1, 0.15) is 80.5 Å². The molecule has 0 spiro atoms. The third-order valence-corrected chi connectivity index (χ3v) is 13.4. The van der Waals surface area contributed by atoms with Crippen LogP contribution in [0.5, 0.6) is 11.6 Å². The average molecular weight is 802 g/mol. The number of fused-ring (bicyclic) bond motifs is 5. The molecule has 14 nitrogen and oxygen atoms in total. The van der Waals surface area contributed by atoms with Crippen molar-refractivity contribution in [2.45, 2.75) is 94.6 Å². The molecule has 2 aromatic carbocycles. The zero-order valence-corrected chi connectivity index (χ0v) is 32.5. The minimum atomic E-state index is -3.89. The van der Waals surface area contributed by atoms with Gasteiger partial charge >= 0.3 is 0 Å². The van der Waals surface area contributed by atoms with Gasteiger partial charge in [-0.25, -0.2) is 17.8 Å². The van der Waals surface area contributed by atoms with Crippen molar-refractivity contribution in [1.29, 1.82) is 0 Å². The molecule has 2 N–H and O–H groups in total. The molecular weight excluding hydrogens is 758 g/mol. The Bertz CT molecular complexity index is 2410. The molecule has 8 rings (SSSR count). The van der Waals surface area contributed by atoms with Crippen molar-refractivity contribution >= 4 is 55.2 Å². The van der Waals surface area contributed by atoms with Gasteiger partial charge in [0.1, 0.15) is 29.5 Å². The molecule has 2 saturated carbocycles. The fourth-order valence-corrected chi connectivity index (χ4v) is 9.58. The van der Waals surface area contributed by atoms with Crippen molar-refractivity contribution in [2.75, 3.05) is 13.7 Å². The molecule has 300 valence electrons. The summed E-state index contributed by atoms with van der Waals surface area (Å²) in [5, 5.41) is 7.98. The average Bonchev–Trinajstić information content (AvgIpc) is 4.07. The van der Waals surface area contributed by atoms with Crippen LogP contribution in [0.2, 0.25) is 0 Å².